The van der Waals surface area contributed by atoms with Crippen molar-refractivity contribution in [3.63, 3.8) is 0 Å². The quantitative estimate of drug-likeness (QED) is 0.907. The summed E-state index contributed by atoms with van der Waals surface area (Å²) in [6.45, 7) is 4.15. The monoisotopic (exact) mass is 255 g/mol. The Balaban J connectivity index is 2.36. The zero-order valence-electron chi connectivity index (χ0n) is 11.8. The summed E-state index contributed by atoms with van der Waals surface area (Å²) < 4.78 is 5.20. The zero-order valence-corrected chi connectivity index (χ0v) is 11.8. The molecule has 0 saturated carbocycles. The van der Waals surface area contributed by atoms with E-state index in [4.69, 9.17) is 10.5 Å². The molecule has 2 aromatic carbocycles. The predicted octanol–water partition coefficient (Wildman–Crippen LogP) is 3.48. The van der Waals surface area contributed by atoms with Crippen molar-refractivity contribution in [3.05, 3.63) is 65.2 Å². The molecule has 2 rings (SSSR count). The maximum Gasteiger partial charge on any atom is 0.118 e. The Bertz CT molecular complexity index is 514. The molecule has 0 amide bonds. The van der Waals surface area contributed by atoms with Crippen molar-refractivity contribution < 1.29 is 4.74 Å². The van der Waals surface area contributed by atoms with Gasteiger partial charge in [0.2, 0.25) is 0 Å². The summed E-state index contributed by atoms with van der Waals surface area (Å²) in [4.78, 5) is 0. The minimum atomic E-state index is 0.0658. The van der Waals surface area contributed by atoms with Gasteiger partial charge < -0.3 is 10.5 Å². The van der Waals surface area contributed by atoms with Crippen LogP contribution in [0, 0.1) is 6.92 Å². The highest BCUT2D eigenvalue weighted by Crippen LogP contribution is 2.28. The van der Waals surface area contributed by atoms with Crippen LogP contribution in [0.25, 0.3) is 0 Å². The Morgan fingerprint density at radius 2 is 1.37 bits per heavy atom. The smallest absolute Gasteiger partial charge is 0.118 e. The Hall–Kier alpha value is -1.80. The fourth-order valence-electron chi connectivity index (χ4n) is 2.38. The number of aryl methyl sites for hydroxylation is 1. The molecule has 2 atom stereocenters. The van der Waals surface area contributed by atoms with E-state index in [9.17, 15) is 0 Å². The van der Waals surface area contributed by atoms with Gasteiger partial charge >= 0.3 is 0 Å². The summed E-state index contributed by atoms with van der Waals surface area (Å²) in [5.74, 6) is 1.09. The maximum atomic E-state index is 6.18. The summed E-state index contributed by atoms with van der Waals surface area (Å²) in [5, 5.41) is 0. The summed E-state index contributed by atoms with van der Waals surface area (Å²) in [6.07, 6.45) is 0. The first-order valence-corrected chi connectivity index (χ1v) is 6.58. The van der Waals surface area contributed by atoms with E-state index in [0.29, 0.717) is 0 Å². The average Bonchev–Trinajstić information content (AvgIpc) is 2.42. The number of hydrogen-bond acceptors (Lipinski definition) is 2. The van der Waals surface area contributed by atoms with Crippen LogP contribution in [-0.2, 0) is 0 Å². The second kappa shape index (κ2) is 5.89. The maximum absolute atomic E-state index is 6.18. The van der Waals surface area contributed by atoms with Crippen LogP contribution < -0.4 is 10.5 Å². The molecule has 0 saturated heterocycles. The lowest BCUT2D eigenvalue weighted by molar-refractivity contribution is 0.414. The third-order valence-electron chi connectivity index (χ3n) is 3.44. The average molecular weight is 255 g/mol. The van der Waals surface area contributed by atoms with Gasteiger partial charge in [-0.3, -0.25) is 0 Å². The van der Waals surface area contributed by atoms with Gasteiger partial charge in [-0.15, -0.1) is 0 Å². The van der Waals surface area contributed by atoms with Crippen molar-refractivity contribution in [1.29, 1.82) is 0 Å². The summed E-state index contributed by atoms with van der Waals surface area (Å²) in [5.41, 5.74) is 9.92. The molecule has 0 fully saturated rings. The fourth-order valence-corrected chi connectivity index (χ4v) is 2.38. The number of nitrogens with two attached hydrogens (primary N) is 1. The van der Waals surface area contributed by atoms with Crippen LogP contribution in [0.3, 0.4) is 0 Å². The van der Waals surface area contributed by atoms with Crippen molar-refractivity contribution in [2.45, 2.75) is 25.8 Å². The van der Waals surface area contributed by atoms with Gasteiger partial charge in [0.05, 0.1) is 7.11 Å². The van der Waals surface area contributed by atoms with Crippen LogP contribution in [0.4, 0.5) is 0 Å². The Morgan fingerprint density at radius 1 is 0.895 bits per heavy atom. The minimum Gasteiger partial charge on any atom is -0.497 e. The SMILES string of the molecule is COc1ccc([C@@H](c2ccc(C)cc2)[C@@H](C)N)cc1. The second-order valence-electron chi connectivity index (χ2n) is 5.02. The van der Waals surface area contributed by atoms with Gasteiger partial charge in [0, 0.05) is 12.0 Å². The van der Waals surface area contributed by atoms with Crippen LogP contribution >= 0.6 is 0 Å². The van der Waals surface area contributed by atoms with E-state index < -0.39 is 0 Å². The molecule has 0 radical (unpaired) electrons. The van der Waals surface area contributed by atoms with Crippen LogP contribution in [0.1, 0.15) is 29.5 Å². The molecule has 0 aliphatic carbocycles. The summed E-state index contributed by atoms with van der Waals surface area (Å²) in [6, 6.07) is 16.8. The van der Waals surface area contributed by atoms with Gasteiger partial charge in [-0.25, -0.2) is 0 Å². The molecule has 2 N–H and O–H groups in total. The van der Waals surface area contributed by atoms with Crippen LogP contribution in [0.15, 0.2) is 48.5 Å². The lowest BCUT2D eigenvalue weighted by Crippen LogP contribution is -2.25. The first-order valence-electron chi connectivity index (χ1n) is 6.58. The van der Waals surface area contributed by atoms with Crippen LogP contribution in [0.5, 0.6) is 5.75 Å². The Morgan fingerprint density at radius 3 is 1.79 bits per heavy atom. The standard InChI is InChI=1S/C17H21NO/c1-12-4-6-14(7-5-12)17(13(2)18)15-8-10-16(19-3)11-9-15/h4-11,13,17H,18H2,1-3H3/t13-,17-/m1/s1. The van der Waals surface area contributed by atoms with Gasteiger partial charge in [0.15, 0.2) is 0 Å². The van der Waals surface area contributed by atoms with E-state index in [1.54, 1.807) is 7.11 Å². The Kier molecular flexibility index (Phi) is 4.23. The first-order chi connectivity index (χ1) is 9.11. The van der Waals surface area contributed by atoms with E-state index >= 15 is 0 Å². The third kappa shape index (κ3) is 3.15. The molecule has 0 bridgehead atoms. The zero-order chi connectivity index (χ0) is 13.8. The van der Waals surface area contributed by atoms with E-state index in [1.807, 2.05) is 12.1 Å². The van der Waals surface area contributed by atoms with E-state index in [0.717, 1.165) is 5.75 Å². The first kappa shape index (κ1) is 13.6. The third-order valence-corrected chi connectivity index (χ3v) is 3.44. The van der Waals surface area contributed by atoms with Crippen molar-refractivity contribution in [1.82, 2.24) is 0 Å². The molecular formula is C17H21NO. The molecule has 19 heavy (non-hydrogen) atoms. The van der Waals surface area contributed by atoms with Gasteiger partial charge in [-0.05, 0) is 37.1 Å². The molecule has 2 heteroatoms. The molecule has 0 heterocycles. The highest BCUT2D eigenvalue weighted by molar-refractivity contribution is 5.38. The van der Waals surface area contributed by atoms with Crippen molar-refractivity contribution in [2.24, 2.45) is 5.73 Å². The Labute approximate surface area is 115 Å². The van der Waals surface area contributed by atoms with Gasteiger partial charge in [-0.2, -0.15) is 0 Å². The molecule has 100 valence electrons. The number of hydrogen-bond donors (Lipinski definition) is 1. The molecule has 0 spiro atoms. The van der Waals surface area contributed by atoms with Gasteiger partial charge in [0.25, 0.3) is 0 Å². The normalized spacial score (nSPS) is 13.9. The molecular weight excluding hydrogens is 234 g/mol. The van der Waals surface area contributed by atoms with E-state index in [1.165, 1.54) is 16.7 Å². The van der Waals surface area contributed by atoms with E-state index in [2.05, 4.69) is 50.2 Å². The summed E-state index contributed by atoms with van der Waals surface area (Å²) >= 11 is 0. The topological polar surface area (TPSA) is 35.2 Å². The highest BCUT2D eigenvalue weighted by atomic mass is 16.5. The molecule has 2 nitrogen and oxygen atoms in total. The summed E-state index contributed by atoms with van der Waals surface area (Å²) in [7, 11) is 1.68. The molecule has 0 unspecified atom stereocenters. The van der Waals surface area contributed by atoms with E-state index in [-0.39, 0.29) is 12.0 Å². The number of ether oxygens (including phenoxy) is 1. The minimum absolute atomic E-state index is 0.0658. The van der Waals surface area contributed by atoms with Gasteiger partial charge in [-0.1, -0.05) is 42.0 Å². The number of benzene rings is 2. The number of methoxy groups -OCH3 is 1. The fraction of sp³-hybridized carbons (Fsp3) is 0.294. The molecule has 2 aromatic rings. The second-order valence-corrected chi connectivity index (χ2v) is 5.02. The molecule has 0 aliphatic rings. The largest absolute Gasteiger partial charge is 0.497 e. The highest BCUT2D eigenvalue weighted by Gasteiger charge is 2.18. The van der Waals surface area contributed by atoms with Crippen LogP contribution in [0.2, 0.25) is 0 Å². The van der Waals surface area contributed by atoms with Crippen LogP contribution in [-0.4, -0.2) is 13.2 Å². The van der Waals surface area contributed by atoms with Crippen molar-refractivity contribution >= 4 is 0 Å². The molecule has 0 aromatic heterocycles. The van der Waals surface area contributed by atoms with Crippen molar-refractivity contribution in [2.75, 3.05) is 7.11 Å². The van der Waals surface area contributed by atoms with Gasteiger partial charge in [0.1, 0.15) is 5.75 Å². The predicted molar refractivity (Wildman–Crippen MR) is 79.7 cm³/mol. The van der Waals surface area contributed by atoms with Crippen molar-refractivity contribution in [3.8, 4) is 5.75 Å². The lowest BCUT2D eigenvalue weighted by Gasteiger charge is -2.22. The number of rotatable bonds is 4. The molecule has 0 aliphatic heterocycles. The lowest BCUT2D eigenvalue weighted by atomic mass is 9.86.